The van der Waals surface area contributed by atoms with Crippen molar-refractivity contribution in [3.05, 3.63) is 76.9 Å². The van der Waals surface area contributed by atoms with Gasteiger partial charge in [0, 0.05) is 42.3 Å². The minimum atomic E-state index is -0.410. The molecule has 0 spiro atoms. The van der Waals surface area contributed by atoms with E-state index in [0.29, 0.717) is 18.0 Å². The molecule has 0 saturated heterocycles. The molecule has 0 aliphatic carbocycles. The zero-order valence-electron chi connectivity index (χ0n) is 13.6. The van der Waals surface area contributed by atoms with Crippen molar-refractivity contribution in [1.29, 1.82) is 0 Å². The summed E-state index contributed by atoms with van der Waals surface area (Å²) >= 11 is 0. The van der Waals surface area contributed by atoms with Crippen LogP contribution < -0.4 is 5.32 Å². The zero-order chi connectivity index (χ0) is 17.9. The van der Waals surface area contributed by atoms with Crippen LogP contribution in [-0.2, 0) is 6.54 Å². The van der Waals surface area contributed by atoms with Gasteiger partial charge < -0.3 is 10.3 Å². The van der Waals surface area contributed by atoms with Gasteiger partial charge in [-0.2, -0.15) is 0 Å². The number of non-ortho nitro benzene ring substituents is 1. The van der Waals surface area contributed by atoms with Gasteiger partial charge in [0.05, 0.1) is 10.3 Å². The number of benzene rings is 1. The third kappa shape index (κ3) is 3.07. The lowest BCUT2D eigenvalue weighted by atomic mass is 10.1. The zero-order valence-corrected chi connectivity index (χ0v) is 13.6. The molecule has 8 heteroatoms. The molecule has 2 N–H and O–H groups in total. The van der Waals surface area contributed by atoms with Gasteiger partial charge in [-0.1, -0.05) is 18.2 Å². The number of anilines is 1. The van der Waals surface area contributed by atoms with Crippen molar-refractivity contribution >= 4 is 22.5 Å². The molecule has 3 aromatic heterocycles. The highest BCUT2D eigenvalue weighted by molar-refractivity contribution is 5.91. The number of fused-ring (bicyclic) bond motifs is 1. The number of nitrogens with one attached hydrogen (secondary N) is 2. The fourth-order valence-corrected chi connectivity index (χ4v) is 2.71. The highest BCUT2D eigenvalue weighted by Gasteiger charge is 2.12. The Bertz CT molecular complexity index is 1080. The summed E-state index contributed by atoms with van der Waals surface area (Å²) in [4.78, 5) is 26.4. The standard InChI is InChI=1S/C18H14N6O2/c25-24(26)14-5-1-4-13(7-14)16-8-15-17(21-11-22-18(15)23-16)20-10-12-3-2-6-19-9-12/h1-9,11H,10H2,(H2,20,21,22,23). The molecule has 128 valence electrons. The molecule has 26 heavy (non-hydrogen) atoms. The topological polar surface area (TPSA) is 110 Å². The van der Waals surface area contributed by atoms with Crippen LogP contribution in [0.4, 0.5) is 11.5 Å². The first kappa shape index (κ1) is 15.7. The molecule has 0 fully saturated rings. The largest absolute Gasteiger partial charge is 0.365 e. The van der Waals surface area contributed by atoms with E-state index < -0.39 is 4.92 Å². The highest BCUT2D eigenvalue weighted by Crippen LogP contribution is 2.28. The molecular weight excluding hydrogens is 332 g/mol. The van der Waals surface area contributed by atoms with E-state index in [1.54, 1.807) is 18.5 Å². The summed E-state index contributed by atoms with van der Waals surface area (Å²) in [5.41, 5.74) is 3.20. The second-order valence-corrected chi connectivity index (χ2v) is 5.69. The Morgan fingerprint density at radius 1 is 1.15 bits per heavy atom. The third-order valence-corrected chi connectivity index (χ3v) is 3.98. The number of nitro benzene ring substituents is 1. The second-order valence-electron chi connectivity index (χ2n) is 5.69. The maximum atomic E-state index is 11.0. The van der Waals surface area contributed by atoms with Crippen LogP contribution in [0, 0.1) is 10.1 Å². The Morgan fingerprint density at radius 3 is 2.88 bits per heavy atom. The predicted octanol–water partition coefficient (Wildman–Crippen LogP) is 3.54. The molecule has 4 rings (SSSR count). The first-order valence-corrected chi connectivity index (χ1v) is 7.92. The summed E-state index contributed by atoms with van der Waals surface area (Å²) in [5.74, 6) is 0.687. The lowest BCUT2D eigenvalue weighted by Gasteiger charge is -2.05. The van der Waals surface area contributed by atoms with E-state index in [1.165, 1.54) is 18.5 Å². The maximum Gasteiger partial charge on any atom is 0.270 e. The summed E-state index contributed by atoms with van der Waals surface area (Å²) in [6.07, 6.45) is 4.99. The molecule has 0 unspecified atom stereocenters. The average molecular weight is 346 g/mol. The van der Waals surface area contributed by atoms with E-state index in [9.17, 15) is 10.1 Å². The number of H-pyrrole nitrogens is 1. The number of nitrogens with zero attached hydrogens (tertiary/aromatic N) is 4. The molecule has 0 radical (unpaired) electrons. The van der Waals surface area contributed by atoms with E-state index >= 15 is 0 Å². The van der Waals surface area contributed by atoms with E-state index in [-0.39, 0.29) is 5.69 Å². The summed E-state index contributed by atoms with van der Waals surface area (Å²) in [7, 11) is 0. The van der Waals surface area contributed by atoms with Gasteiger partial charge in [0.2, 0.25) is 0 Å². The Balaban J connectivity index is 1.67. The van der Waals surface area contributed by atoms with Crippen LogP contribution in [0.2, 0.25) is 0 Å². The van der Waals surface area contributed by atoms with Crippen molar-refractivity contribution in [3.8, 4) is 11.3 Å². The molecular formula is C18H14N6O2. The van der Waals surface area contributed by atoms with E-state index in [1.807, 2.05) is 24.3 Å². The molecule has 1 aromatic carbocycles. The van der Waals surface area contributed by atoms with Crippen molar-refractivity contribution in [2.24, 2.45) is 0 Å². The van der Waals surface area contributed by atoms with Crippen molar-refractivity contribution in [3.63, 3.8) is 0 Å². The smallest absolute Gasteiger partial charge is 0.270 e. The molecule has 0 atom stereocenters. The molecule has 0 amide bonds. The molecule has 8 nitrogen and oxygen atoms in total. The van der Waals surface area contributed by atoms with E-state index in [0.717, 1.165) is 22.2 Å². The Morgan fingerprint density at radius 2 is 2.08 bits per heavy atom. The van der Waals surface area contributed by atoms with Gasteiger partial charge >= 0.3 is 0 Å². The van der Waals surface area contributed by atoms with Crippen molar-refractivity contribution < 1.29 is 4.92 Å². The van der Waals surface area contributed by atoms with E-state index in [4.69, 9.17) is 0 Å². The first-order chi connectivity index (χ1) is 12.7. The van der Waals surface area contributed by atoms with Crippen LogP contribution in [0.3, 0.4) is 0 Å². The second kappa shape index (κ2) is 6.60. The van der Waals surface area contributed by atoms with Gasteiger partial charge in [0.15, 0.2) is 0 Å². The quantitative estimate of drug-likeness (QED) is 0.422. The van der Waals surface area contributed by atoms with Gasteiger partial charge in [-0.25, -0.2) is 9.97 Å². The monoisotopic (exact) mass is 346 g/mol. The van der Waals surface area contributed by atoms with Crippen LogP contribution in [-0.4, -0.2) is 24.9 Å². The Labute approximate surface area is 148 Å². The number of aromatic nitrogens is 4. The SMILES string of the molecule is O=[N+]([O-])c1cccc(-c2cc3c(NCc4cccnc4)ncnc3[nH]2)c1. The van der Waals surface area contributed by atoms with Crippen LogP contribution in [0.15, 0.2) is 61.2 Å². The van der Waals surface area contributed by atoms with Crippen molar-refractivity contribution in [1.82, 2.24) is 19.9 Å². The summed E-state index contributed by atoms with van der Waals surface area (Å²) in [5, 5.41) is 15.1. The van der Waals surface area contributed by atoms with Crippen molar-refractivity contribution in [2.45, 2.75) is 6.54 Å². The van der Waals surface area contributed by atoms with Gasteiger partial charge in [0.1, 0.15) is 17.8 Å². The Kier molecular flexibility index (Phi) is 3.98. The lowest BCUT2D eigenvalue weighted by Crippen LogP contribution is -2.02. The number of rotatable bonds is 5. The minimum absolute atomic E-state index is 0.0437. The van der Waals surface area contributed by atoms with Crippen LogP contribution in [0.1, 0.15) is 5.56 Å². The van der Waals surface area contributed by atoms with Crippen LogP contribution >= 0.6 is 0 Å². The van der Waals surface area contributed by atoms with Gasteiger partial charge in [-0.3, -0.25) is 15.1 Å². The molecule has 0 bridgehead atoms. The normalized spacial score (nSPS) is 10.8. The van der Waals surface area contributed by atoms with Crippen LogP contribution in [0.25, 0.3) is 22.3 Å². The number of nitro groups is 1. The summed E-state index contributed by atoms with van der Waals surface area (Å²) < 4.78 is 0. The number of aromatic amines is 1. The molecule has 4 aromatic rings. The highest BCUT2D eigenvalue weighted by atomic mass is 16.6. The van der Waals surface area contributed by atoms with Crippen molar-refractivity contribution in [2.75, 3.05) is 5.32 Å². The molecule has 0 saturated carbocycles. The molecule has 0 aliphatic heterocycles. The maximum absolute atomic E-state index is 11.0. The third-order valence-electron chi connectivity index (χ3n) is 3.98. The predicted molar refractivity (Wildman–Crippen MR) is 97.5 cm³/mol. The number of pyridine rings is 1. The fraction of sp³-hybridized carbons (Fsp3) is 0.0556. The van der Waals surface area contributed by atoms with E-state index in [2.05, 4.69) is 25.3 Å². The minimum Gasteiger partial charge on any atom is -0.365 e. The number of hydrogen-bond donors (Lipinski definition) is 2. The van der Waals surface area contributed by atoms with Gasteiger partial charge in [0.25, 0.3) is 5.69 Å². The van der Waals surface area contributed by atoms with Crippen LogP contribution in [0.5, 0.6) is 0 Å². The lowest BCUT2D eigenvalue weighted by molar-refractivity contribution is -0.384. The van der Waals surface area contributed by atoms with Gasteiger partial charge in [-0.15, -0.1) is 0 Å². The fourth-order valence-electron chi connectivity index (χ4n) is 2.71. The average Bonchev–Trinajstić information content (AvgIpc) is 3.12. The summed E-state index contributed by atoms with van der Waals surface area (Å²) in [6, 6.07) is 12.2. The summed E-state index contributed by atoms with van der Waals surface area (Å²) in [6.45, 7) is 0.581. The van der Waals surface area contributed by atoms with Gasteiger partial charge in [-0.05, 0) is 17.7 Å². The first-order valence-electron chi connectivity index (χ1n) is 7.92. The molecule has 0 aliphatic rings. The molecule has 3 heterocycles. The Hall–Kier alpha value is -3.81. The number of hydrogen-bond acceptors (Lipinski definition) is 6.